The van der Waals surface area contributed by atoms with Gasteiger partial charge in [-0.3, -0.25) is 4.79 Å². The van der Waals surface area contributed by atoms with Gasteiger partial charge in [0.25, 0.3) is 5.91 Å². The number of furan rings is 1. The zero-order valence-corrected chi connectivity index (χ0v) is 11.7. The van der Waals surface area contributed by atoms with Crippen LogP contribution in [0.1, 0.15) is 23.9 Å². The summed E-state index contributed by atoms with van der Waals surface area (Å²) in [5, 5.41) is 3.74. The van der Waals surface area contributed by atoms with E-state index in [9.17, 15) is 4.79 Å². The summed E-state index contributed by atoms with van der Waals surface area (Å²) in [4.78, 5) is 12.0. The highest BCUT2D eigenvalue weighted by molar-refractivity contribution is 9.10. The van der Waals surface area contributed by atoms with Crippen LogP contribution in [0.4, 0.5) is 0 Å². The predicted octanol–water partition coefficient (Wildman–Crippen LogP) is 2.66. The van der Waals surface area contributed by atoms with Crippen LogP contribution < -0.4 is 11.1 Å². The zero-order valence-electron chi connectivity index (χ0n) is 10.1. The van der Waals surface area contributed by atoms with Crippen LogP contribution in [0.2, 0.25) is 0 Å². The Morgan fingerprint density at radius 2 is 2.33 bits per heavy atom. The quantitative estimate of drug-likeness (QED) is 0.912. The van der Waals surface area contributed by atoms with Crippen molar-refractivity contribution in [2.45, 2.75) is 19.4 Å². The summed E-state index contributed by atoms with van der Waals surface area (Å²) in [6, 6.07) is 7.40. The molecule has 0 bridgehead atoms. The summed E-state index contributed by atoms with van der Waals surface area (Å²) < 4.78 is 6.39. The lowest BCUT2D eigenvalue weighted by atomic mass is 10.2. The van der Waals surface area contributed by atoms with Gasteiger partial charge in [-0.25, -0.2) is 0 Å². The number of fused-ring (bicyclic) bond motifs is 1. The molecule has 1 atom stereocenters. The second kappa shape index (κ2) is 5.54. The molecule has 4 nitrogen and oxygen atoms in total. The molecule has 3 N–H and O–H groups in total. The van der Waals surface area contributed by atoms with E-state index < -0.39 is 0 Å². The standard InChI is InChI=1S/C13H15BrN2O2/c1-2-9(7-15)16-13(17)11-6-8-4-3-5-10(14)12(8)18-11/h3-6,9H,2,7,15H2,1H3,(H,16,17). The molecular weight excluding hydrogens is 296 g/mol. The smallest absolute Gasteiger partial charge is 0.287 e. The van der Waals surface area contributed by atoms with E-state index in [0.29, 0.717) is 17.9 Å². The number of carbonyl (C=O) groups excluding carboxylic acids is 1. The van der Waals surface area contributed by atoms with Gasteiger partial charge in [0.2, 0.25) is 0 Å². The number of nitrogens with two attached hydrogens (primary N) is 1. The van der Waals surface area contributed by atoms with Gasteiger partial charge in [0.15, 0.2) is 5.76 Å². The minimum atomic E-state index is -0.226. The number of hydrogen-bond acceptors (Lipinski definition) is 3. The van der Waals surface area contributed by atoms with Crippen molar-refractivity contribution < 1.29 is 9.21 Å². The maximum atomic E-state index is 12.0. The zero-order chi connectivity index (χ0) is 13.1. The van der Waals surface area contributed by atoms with Crippen LogP contribution in [0.25, 0.3) is 11.0 Å². The van der Waals surface area contributed by atoms with E-state index in [0.717, 1.165) is 16.3 Å². The van der Waals surface area contributed by atoms with Gasteiger partial charge in [0.1, 0.15) is 5.58 Å². The van der Waals surface area contributed by atoms with Gasteiger partial charge in [0.05, 0.1) is 4.47 Å². The molecule has 0 aliphatic carbocycles. The summed E-state index contributed by atoms with van der Waals surface area (Å²) in [6.07, 6.45) is 0.798. The molecule has 1 aromatic carbocycles. The Hall–Kier alpha value is -1.33. The maximum absolute atomic E-state index is 12.0. The molecule has 0 saturated carbocycles. The average Bonchev–Trinajstić information content (AvgIpc) is 2.81. The molecule has 2 rings (SSSR count). The molecule has 1 heterocycles. The topological polar surface area (TPSA) is 68.3 Å². The van der Waals surface area contributed by atoms with Crippen molar-refractivity contribution >= 4 is 32.8 Å². The van der Waals surface area contributed by atoms with E-state index in [-0.39, 0.29) is 11.9 Å². The molecule has 0 radical (unpaired) electrons. The highest BCUT2D eigenvalue weighted by atomic mass is 79.9. The molecule has 96 valence electrons. The number of halogens is 1. The highest BCUT2D eigenvalue weighted by Crippen LogP contribution is 2.26. The molecule has 0 saturated heterocycles. The van der Waals surface area contributed by atoms with Crippen LogP contribution >= 0.6 is 15.9 Å². The number of benzene rings is 1. The molecule has 1 amide bonds. The van der Waals surface area contributed by atoms with E-state index in [1.54, 1.807) is 6.07 Å². The molecular formula is C13H15BrN2O2. The van der Waals surface area contributed by atoms with Crippen LogP contribution in [0, 0.1) is 0 Å². The van der Waals surface area contributed by atoms with Crippen LogP contribution in [-0.4, -0.2) is 18.5 Å². The molecule has 1 unspecified atom stereocenters. The molecule has 0 fully saturated rings. The first-order valence-electron chi connectivity index (χ1n) is 5.84. The van der Waals surface area contributed by atoms with E-state index >= 15 is 0 Å². The molecule has 0 spiro atoms. The summed E-state index contributed by atoms with van der Waals surface area (Å²) in [7, 11) is 0. The number of carbonyl (C=O) groups is 1. The second-order valence-electron chi connectivity index (χ2n) is 4.08. The first-order chi connectivity index (χ1) is 8.65. The monoisotopic (exact) mass is 310 g/mol. The summed E-state index contributed by atoms with van der Waals surface area (Å²) >= 11 is 3.39. The number of amides is 1. The normalized spacial score (nSPS) is 12.6. The third-order valence-electron chi connectivity index (χ3n) is 2.83. The van der Waals surface area contributed by atoms with Gasteiger partial charge < -0.3 is 15.5 Å². The van der Waals surface area contributed by atoms with Gasteiger partial charge in [-0.1, -0.05) is 19.1 Å². The predicted molar refractivity (Wildman–Crippen MR) is 74.5 cm³/mol. The fourth-order valence-corrected chi connectivity index (χ4v) is 2.19. The van der Waals surface area contributed by atoms with Crippen LogP contribution in [-0.2, 0) is 0 Å². The Labute approximate surface area is 114 Å². The number of nitrogens with one attached hydrogen (secondary N) is 1. The Morgan fingerprint density at radius 1 is 1.56 bits per heavy atom. The Morgan fingerprint density at radius 3 is 2.94 bits per heavy atom. The highest BCUT2D eigenvalue weighted by Gasteiger charge is 2.16. The average molecular weight is 311 g/mol. The van der Waals surface area contributed by atoms with E-state index in [4.69, 9.17) is 10.2 Å². The van der Waals surface area contributed by atoms with Crippen molar-refractivity contribution in [1.29, 1.82) is 0 Å². The fraction of sp³-hybridized carbons (Fsp3) is 0.308. The van der Waals surface area contributed by atoms with Gasteiger partial charge in [0, 0.05) is 18.0 Å². The lowest BCUT2D eigenvalue weighted by molar-refractivity contribution is 0.0911. The first kappa shape index (κ1) is 13.1. The largest absolute Gasteiger partial charge is 0.450 e. The van der Waals surface area contributed by atoms with Gasteiger partial charge in [-0.05, 0) is 34.5 Å². The summed E-state index contributed by atoms with van der Waals surface area (Å²) in [6.45, 7) is 2.40. The SMILES string of the molecule is CCC(CN)NC(=O)c1cc2cccc(Br)c2o1. The van der Waals surface area contributed by atoms with Crippen molar-refractivity contribution in [3.05, 3.63) is 34.5 Å². The van der Waals surface area contributed by atoms with Crippen molar-refractivity contribution in [2.75, 3.05) is 6.54 Å². The molecule has 2 aromatic rings. The van der Waals surface area contributed by atoms with Crippen molar-refractivity contribution in [3.63, 3.8) is 0 Å². The molecule has 0 aliphatic heterocycles. The van der Waals surface area contributed by atoms with Gasteiger partial charge in [-0.15, -0.1) is 0 Å². The molecule has 0 aliphatic rings. The third kappa shape index (κ3) is 2.57. The van der Waals surface area contributed by atoms with Gasteiger partial charge in [-0.2, -0.15) is 0 Å². The third-order valence-corrected chi connectivity index (χ3v) is 3.46. The number of para-hydroxylation sites is 1. The van der Waals surface area contributed by atoms with Crippen molar-refractivity contribution in [2.24, 2.45) is 5.73 Å². The van der Waals surface area contributed by atoms with Crippen molar-refractivity contribution in [3.8, 4) is 0 Å². The van der Waals surface area contributed by atoms with Crippen LogP contribution in [0.5, 0.6) is 0 Å². The van der Waals surface area contributed by atoms with Crippen LogP contribution in [0.3, 0.4) is 0 Å². The lowest BCUT2D eigenvalue weighted by Crippen LogP contribution is -2.39. The van der Waals surface area contributed by atoms with Crippen LogP contribution in [0.15, 0.2) is 33.2 Å². The van der Waals surface area contributed by atoms with Gasteiger partial charge >= 0.3 is 0 Å². The first-order valence-corrected chi connectivity index (χ1v) is 6.64. The Kier molecular flexibility index (Phi) is 4.04. The van der Waals surface area contributed by atoms with E-state index in [2.05, 4.69) is 21.2 Å². The molecule has 5 heteroatoms. The molecule has 18 heavy (non-hydrogen) atoms. The number of rotatable bonds is 4. The second-order valence-corrected chi connectivity index (χ2v) is 4.94. The van der Waals surface area contributed by atoms with E-state index in [1.807, 2.05) is 25.1 Å². The lowest BCUT2D eigenvalue weighted by Gasteiger charge is -2.12. The van der Waals surface area contributed by atoms with Crippen molar-refractivity contribution in [1.82, 2.24) is 5.32 Å². The Balaban J connectivity index is 2.26. The summed E-state index contributed by atoms with van der Waals surface area (Å²) in [5.74, 6) is 0.0826. The minimum absolute atomic E-state index is 0.0193. The van der Waals surface area contributed by atoms with E-state index in [1.165, 1.54) is 0 Å². The maximum Gasteiger partial charge on any atom is 0.287 e. The summed E-state index contributed by atoms with van der Waals surface area (Å²) in [5.41, 5.74) is 6.24. The fourth-order valence-electron chi connectivity index (χ4n) is 1.72. The molecule has 1 aromatic heterocycles. The minimum Gasteiger partial charge on any atom is -0.450 e. The Bertz CT molecular complexity index is 561. The number of hydrogen-bond donors (Lipinski definition) is 2.